The van der Waals surface area contributed by atoms with Gasteiger partial charge in [-0.25, -0.2) is 4.79 Å². The van der Waals surface area contributed by atoms with Crippen LogP contribution in [0.4, 0.5) is 0 Å². The zero-order valence-corrected chi connectivity index (χ0v) is 19.8. The Labute approximate surface area is 199 Å². The van der Waals surface area contributed by atoms with Crippen LogP contribution in [-0.4, -0.2) is 58.2 Å². The molecule has 1 aromatic carbocycles. The van der Waals surface area contributed by atoms with E-state index in [9.17, 15) is 9.90 Å². The fraction of sp³-hybridized carbons (Fsp3) is 0.320. The maximum atomic E-state index is 11.3. The highest BCUT2D eigenvalue weighted by atomic mass is 32.1. The second-order valence-electron chi connectivity index (χ2n) is 8.51. The zero-order chi connectivity index (χ0) is 23.5. The minimum Gasteiger partial charge on any atom is -0.478 e. The monoisotopic (exact) mass is 464 g/mol. The number of nitrogens with one attached hydrogen (secondary N) is 1. The van der Waals surface area contributed by atoms with Crippen LogP contribution in [0.1, 0.15) is 45.9 Å². The van der Waals surface area contributed by atoms with Gasteiger partial charge >= 0.3 is 5.97 Å². The lowest BCUT2D eigenvalue weighted by Gasteiger charge is -2.26. The van der Waals surface area contributed by atoms with E-state index in [1.807, 2.05) is 37.3 Å². The fourth-order valence-corrected chi connectivity index (χ4v) is 4.57. The third-order valence-corrected chi connectivity index (χ3v) is 6.21. The molecule has 1 aliphatic heterocycles. The first-order chi connectivity index (χ1) is 15.8. The molecule has 33 heavy (non-hydrogen) atoms. The number of benzene rings is 1. The Kier molecular flexibility index (Phi) is 6.76. The highest BCUT2D eigenvalue weighted by molar-refractivity contribution is 7.80. The van der Waals surface area contributed by atoms with E-state index in [-0.39, 0.29) is 17.6 Å². The minimum atomic E-state index is -0.943. The predicted octanol–water partition coefficient (Wildman–Crippen LogP) is 4.27. The number of carboxylic acids is 1. The van der Waals surface area contributed by atoms with Crippen molar-refractivity contribution in [1.82, 2.24) is 20.1 Å². The number of carbonyl (C=O) groups is 1. The number of hydrogen-bond acceptors (Lipinski definition) is 5. The van der Waals surface area contributed by atoms with E-state index in [0.29, 0.717) is 10.9 Å². The van der Waals surface area contributed by atoms with E-state index in [2.05, 4.69) is 34.2 Å². The molecule has 0 bridgehead atoms. The molecule has 1 aliphatic rings. The van der Waals surface area contributed by atoms with Crippen molar-refractivity contribution in [3.05, 3.63) is 77.3 Å². The lowest BCUT2D eigenvalue weighted by Crippen LogP contribution is -2.32. The minimum absolute atomic E-state index is 0.132. The van der Waals surface area contributed by atoms with E-state index in [0.717, 1.165) is 42.1 Å². The maximum absolute atomic E-state index is 11.3. The molecule has 0 aliphatic carbocycles. The molecule has 2 unspecified atom stereocenters. The van der Waals surface area contributed by atoms with Gasteiger partial charge in [0.05, 0.1) is 17.3 Å². The molecule has 2 N–H and O–H groups in total. The van der Waals surface area contributed by atoms with Gasteiger partial charge in [0.1, 0.15) is 17.6 Å². The molecule has 1 saturated heterocycles. The summed E-state index contributed by atoms with van der Waals surface area (Å²) in [7, 11) is 4.12. The number of aromatic nitrogens is 1. The predicted molar refractivity (Wildman–Crippen MR) is 131 cm³/mol. The van der Waals surface area contributed by atoms with Gasteiger partial charge in [-0.15, -0.1) is 0 Å². The molecule has 3 aromatic rings. The lowest BCUT2D eigenvalue weighted by molar-refractivity contribution is 0.0697. The second-order valence-corrected chi connectivity index (χ2v) is 8.90. The Hall–Kier alpha value is -3.23. The van der Waals surface area contributed by atoms with Gasteiger partial charge in [0.2, 0.25) is 0 Å². The molecule has 0 saturated carbocycles. The molecular weight excluding hydrogens is 436 g/mol. The third-order valence-electron chi connectivity index (χ3n) is 5.86. The number of pyridine rings is 1. The fourth-order valence-electron chi connectivity index (χ4n) is 4.24. The van der Waals surface area contributed by atoms with Gasteiger partial charge in [0.15, 0.2) is 5.11 Å². The van der Waals surface area contributed by atoms with Gasteiger partial charge in [-0.05, 0) is 88.2 Å². The lowest BCUT2D eigenvalue weighted by atomic mass is 10.0. The topological polar surface area (TPSA) is 81.8 Å². The van der Waals surface area contributed by atoms with E-state index < -0.39 is 5.97 Å². The molecule has 0 amide bonds. The van der Waals surface area contributed by atoms with Gasteiger partial charge in [0.25, 0.3) is 0 Å². The summed E-state index contributed by atoms with van der Waals surface area (Å²) >= 11 is 5.71. The van der Waals surface area contributed by atoms with Gasteiger partial charge in [0, 0.05) is 18.3 Å². The number of rotatable bonds is 8. The number of hydrogen-bond donors (Lipinski definition) is 2. The summed E-state index contributed by atoms with van der Waals surface area (Å²) in [6.45, 7) is 3.64. The Morgan fingerprint density at radius 3 is 2.73 bits per heavy atom. The standard InChI is InChI=1S/C25H28N4O3S/c1-16-15-17(24(30)31)8-9-18(16)20-10-11-21(32-20)23-22(19-7-4-5-12-26-19)27-25(33)29(23)14-6-13-28(2)3/h4-5,7-12,15,22-23H,6,13-14H2,1-3H3,(H,27,33)(H,30,31). The summed E-state index contributed by atoms with van der Waals surface area (Å²) in [5, 5.41) is 13.4. The van der Waals surface area contributed by atoms with Crippen LogP contribution in [0.3, 0.4) is 0 Å². The summed E-state index contributed by atoms with van der Waals surface area (Å²) in [4.78, 5) is 20.2. The summed E-state index contributed by atoms with van der Waals surface area (Å²) in [5.74, 6) is 0.548. The summed E-state index contributed by atoms with van der Waals surface area (Å²) in [5.41, 5.74) is 2.88. The molecule has 3 heterocycles. The van der Waals surface area contributed by atoms with Crippen LogP contribution in [0.2, 0.25) is 0 Å². The van der Waals surface area contributed by atoms with E-state index in [1.54, 1.807) is 24.4 Å². The van der Waals surface area contributed by atoms with Crippen LogP contribution in [0.5, 0.6) is 0 Å². The molecular formula is C25H28N4O3S. The van der Waals surface area contributed by atoms with Gasteiger partial charge in [-0.1, -0.05) is 12.1 Å². The van der Waals surface area contributed by atoms with Crippen molar-refractivity contribution in [3.63, 3.8) is 0 Å². The normalized spacial score (nSPS) is 18.1. The Morgan fingerprint density at radius 2 is 2.06 bits per heavy atom. The molecule has 8 heteroatoms. The average Bonchev–Trinajstić information content (AvgIpc) is 3.39. The van der Waals surface area contributed by atoms with Crippen molar-refractivity contribution in [3.8, 4) is 11.3 Å². The van der Waals surface area contributed by atoms with E-state index in [1.165, 1.54) is 0 Å². The smallest absolute Gasteiger partial charge is 0.335 e. The van der Waals surface area contributed by atoms with Crippen LogP contribution in [-0.2, 0) is 0 Å². The molecule has 172 valence electrons. The largest absolute Gasteiger partial charge is 0.478 e. The van der Waals surface area contributed by atoms with Gasteiger partial charge in [-0.3, -0.25) is 4.98 Å². The molecule has 2 atom stereocenters. The quantitative estimate of drug-likeness (QED) is 0.478. The average molecular weight is 465 g/mol. The first-order valence-electron chi connectivity index (χ1n) is 10.9. The zero-order valence-electron chi connectivity index (χ0n) is 19.0. The maximum Gasteiger partial charge on any atom is 0.335 e. The first-order valence-corrected chi connectivity index (χ1v) is 11.3. The second kappa shape index (κ2) is 9.72. The number of aromatic carboxylic acids is 1. The summed E-state index contributed by atoms with van der Waals surface area (Å²) < 4.78 is 6.37. The van der Waals surface area contributed by atoms with Crippen molar-refractivity contribution in [2.75, 3.05) is 27.2 Å². The molecule has 2 aromatic heterocycles. The number of thiocarbonyl (C=S) groups is 1. The molecule has 0 spiro atoms. The highest BCUT2D eigenvalue weighted by Crippen LogP contribution is 2.40. The van der Waals surface area contributed by atoms with Crippen molar-refractivity contribution in [2.45, 2.75) is 25.4 Å². The van der Waals surface area contributed by atoms with Gasteiger partial charge < -0.3 is 24.6 Å². The molecule has 4 rings (SSSR count). The number of carboxylic acid groups (broad SMARTS) is 1. The van der Waals surface area contributed by atoms with Crippen molar-refractivity contribution in [2.24, 2.45) is 0 Å². The number of nitrogens with zero attached hydrogens (tertiary/aromatic N) is 3. The van der Waals surface area contributed by atoms with Crippen LogP contribution < -0.4 is 5.32 Å². The van der Waals surface area contributed by atoms with E-state index in [4.69, 9.17) is 16.6 Å². The van der Waals surface area contributed by atoms with Crippen LogP contribution >= 0.6 is 12.2 Å². The van der Waals surface area contributed by atoms with Gasteiger partial charge in [-0.2, -0.15) is 0 Å². The number of aryl methyl sites for hydroxylation is 1. The van der Waals surface area contributed by atoms with E-state index >= 15 is 0 Å². The Balaban J connectivity index is 1.68. The Morgan fingerprint density at radius 1 is 1.24 bits per heavy atom. The molecule has 0 radical (unpaired) electrons. The molecule has 1 fully saturated rings. The highest BCUT2D eigenvalue weighted by Gasteiger charge is 2.41. The number of furan rings is 1. The van der Waals surface area contributed by atoms with Crippen LogP contribution in [0, 0.1) is 6.92 Å². The summed E-state index contributed by atoms with van der Waals surface area (Å²) in [6, 6.07) is 14.6. The SMILES string of the molecule is Cc1cc(C(=O)O)ccc1-c1ccc(C2C(c3ccccn3)NC(=S)N2CCCN(C)C)o1. The van der Waals surface area contributed by atoms with Crippen molar-refractivity contribution >= 4 is 23.3 Å². The molecule has 7 nitrogen and oxygen atoms in total. The van der Waals surface area contributed by atoms with Crippen LogP contribution in [0.25, 0.3) is 11.3 Å². The Bertz CT molecular complexity index is 1150. The first kappa shape index (κ1) is 22.9. The summed E-state index contributed by atoms with van der Waals surface area (Å²) in [6.07, 6.45) is 2.75. The third kappa shape index (κ3) is 4.91. The van der Waals surface area contributed by atoms with Crippen LogP contribution in [0.15, 0.2) is 59.1 Å². The van der Waals surface area contributed by atoms with Crippen molar-refractivity contribution in [1.29, 1.82) is 0 Å². The van der Waals surface area contributed by atoms with Crippen molar-refractivity contribution < 1.29 is 14.3 Å².